The molecule has 3 aromatic rings. The van der Waals surface area contributed by atoms with Crippen molar-refractivity contribution in [3.05, 3.63) is 64.3 Å². The standard InChI is InChI=1S/C20H18ClN3O2/c1-11-4-6-18-15(8-11)16(9-12(2)22-18)20(26)24-14-5-7-19(17(21)10-14)23-13(3)25/h4-10H,1-3H3,(H,23,25)(H,24,26). The molecule has 0 bridgehead atoms. The number of hydrogen-bond donors (Lipinski definition) is 2. The Morgan fingerprint density at radius 1 is 1.00 bits per heavy atom. The highest BCUT2D eigenvalue weighted by atomic mass is 35.5. The second-order valence-corrected chi connectivity index (χ2v) is 6.57. The van der Waals surface area contributed by atoms with Crippen molar-refractivity contribution in [3.8, 4) is 0 Å². The maximum absolute atomic E-state index is 12.8. The van der Waals surface area contributed by atoms with Crippen LogP contribution in [0.5, 0.6) is 0 Å². The minimum Gasteiger partial charge on any atom is -0.325 e. The van der Waals surface area contributed by atoms with Crippen LogP contribution in [0, 0.1) is 13.8 Å². The summed E-state index contributed by atoms with van der Waals surface area (Å²) in [4.78, 5) is 28.4. The number of nitrogens with one attached hydrogen (secondary N) is 2. The van der Waals surface area contributed by atoms with Crippen LogP contribution in [0.4, 0.5) is 11.4 Å². The monoisotopic (exact) mass is 367 g/mol. The van der Waals surface area contributed by atoms with Crippen LogP contribution in [0.2, 0.25) is 5.02 Å². The quantitative estimate of drug-likeness (QED) is 0.703. The molecule has 3 rings (SSSR count). The van der Waals surface area contributed by atoms with Gasteiger partial charge in [0.05, 0.1) is 21.8 Å². The average Bonchev–Trinajstić information content (AvgIpc) is 2.56. The van der Waals surface area contributed by atoms with E-state index in [0.29, 0.717) is 22.0 Å². The van der Waals surface area contributed by atoms with Crippen molar-refractivity contribution in [2.45, 2.75) is 20.8 Å². The van der Waals surface area contributed by atoms with E-state index in [1.54, 1.807) is 24.3 Å². The predicted molar refractivity (Wildman–Crippen MR) is 105 cm³/mol. The van der Waals surface area contributed by atoms with Gasteiger partial charge in [0.1, 0.15) is 0 Å². The first-order valence-electron chi connectivity index (χ1n) is 8.10. The van der Waals surface area contributed by atoms with E-state index in [0.717, 1.165) is 22.2 Å². The normalized spacial score (nSPS) is 10.6. The summed E-state index contributed by atoms with van der Waals surface area (Å²) >= 11 is 6.17. The highest BCUT2D eigenvalue weighted by Crippen LogP contribution is 2.27. The van der Waals surface area contributed by atoms with Crippen LogP contribution in [0.1, 0.15) is 28.5 Å². The second-order valence-electron chi connectivity index (χ2n) is 6.16. The largest absolute Gasteiger partial charge is 0.325 e. The summed E-state index contributed by atoms with van der Waals surface area (Å²) in [6.07, 6.45) is 0. The molecule has 0 aliphatic heterocycles. The van der Waals surface area contributed by atoms with Crippen molar-refractivity contribution in [3.63, 3.8) is 0 Å². The van der Waals surface area contributed by atoms with Crippen molar-refractivity contribution in [2.24, 2.45) is 0 Å². The molecule has 0 aliphatic rings. The lowest BCUT2D eigenvalue weighted by molar-refractivity contribution is -0.114. The molecular weight excluding hydrogens is 350 g/mol. The molecule has 26 heavy (non-hydrogen) atoms. The lowest BCUT2D eigenvalue weighted by Gasteiger charge is -2.11. The molecule has 0 unspecified atom stereocenters. The van der Waals surface area contributed by atoms with Crippen LogP contribution in [0.3, 0.4) is 0 Å². The van der Waals surface area contributed by atoms with Gasteiger partial charge in [-0.2, -0.15) is 0 Å². The van der Waals surface area contributed by atoms with E-state index < -0.39 is 0 Å². The average molecular weight is 368 g/mol. The zero-order chi connectivity index (χ0) is 18.8. The van der Waals surface area contributed by atoms with Gasteiger partial charge in [0.15, 0.2) is 0 Å². The number of halogens is 1. The van der Waals surface area contributed by atoms with E-state index in [1.807, 2.05) is 32.0 Å². The lowest BCUT2D eigenvalue weighted by Crippen LogP contribution is -2.13. The number of benzene rings is 2. The molecule has 2 N–H and O–H groups in total. The highest BCUT2D eigenvalue weighted by Gasteiger charge is 2.13. The van der Waals surface area contributed by atoms with Gasteiger partial charge in [-0.25, -0.2) is 0 Å². The van der Waals surface area contributed by atoms with Crippen LogP contribution in [-0.2, 0) is 4.79 Å². The summed E-state index contributed by atoms with van der Waals surface area (Å²) in [5.74, 6) is -0.452. The Morgan fingerprint density at radius 2 is 1.77 bits per heavy atom. The van der Waals surface area contributed by atoms with Crippen molar-refractivity contribution >= 4 is 45.7 Å². The Labute approximate surface area is 156 Å². The summed E-state index contributed by atoms with van der Waals surface area (Å²) < 4.78 is 0. The molecule has 1 heterocycles. The van der Waals surface area contributed by atoms with Crippen LogP contribution in [0.15, 0.2) is 42.5 Å². The molecular formula is C20H18ClN3O2. The molecule has 0 fully saturated rings. The van der Waals surface area contributed by atoms with Crippen LogP contribution >= 0.6 is 11.6 Å². The van der Waals surface area contributed by atoms with E-state index in [4.69, 9.17) is 11.6 Å². The van der Waals surface area contributed by atoms with E-state index in [-0.39, 0.29) is 11.8 Å². The Morgan fingerprint density at radius 3 is 2.46 bits per heavy atom. The molecule has 0 radical (unpaired) electrons. The number of pyridine rings is 1. The zero-order valence-electron chi connectivity index (χ0n) is 14.7. The third kappa shape index (κ3) is 3.83. The van der Waals surface area contributed by atoms with Crippen molar-refractivity contribution < 1.29 is 9.59 Å². The lowest BCUT2D eigenvalue weighted by atomic mass is 10.0. The van der Waals surface area contributed by atoms with Gasteiger partial charge in [0.2, 0.25) is 5.91 Å². The van der Waals surface area contributed by atoms with Gasteiger partial charge >= 0.3 is 0 Å². The molecule has 0 aliphatic carbocycles. The van der Waals surface area contributed by atoms with Crippen LogP contribution in [-0.4, -0.2) is 16.8 Å². The molecule has 5 nitrogen and oxygen atoms in total. The molecule has 0 spiro atoms. The molecule has 2 aromatic carbocycles. The summed E-state index contributed by atoms with van der Waals surface area (Å²) in [6.45, 7) is 5.24. The molecule has 0 saturated heterocycles. The minimum atomic E-state index is -0.241. The first-order chi connectivity index (χ1) is 12.3. The fourth-order valence-electron chi connectivity index (χ4n) is 2.74. The number of amides is 2. The number of carbonyl (C=O) groups excluding carboxylic acids is 2. The summed E-state index contributed by atoms with van der Waals surface area (Å²) in [5.41, 5.74) is 4.20. The first-order valence-corrected chi connectivity index (χ1v) is 8.48. The maximum Gasteiger partial charge on any atom is 0.256 e. The van der Waals surface area contributed by atoms with E-state index in [2.05, 4.69) is 15.6 Å². The zero-order valence-corrected chi connectivity index (χ0v) is 15.4. The fraction of sp³-hybridized carbons (Fsp3) is 0.150. The van der Waals surface area contributed by atoms with Gasteiger partial charge < -0.3 is 10.6 Å². The number of nitrogens with zero attached hydrogens (tertiary/aromatic N) is 1. The van der Waals surface area contributed by atoms with Gasteiger partial charge in [0, 0.05) is 23.7 Å². The Balaban J connectivity index is 1.93. The van der Waals surface area contributed by atoms with Crippen molar-refractivity contribution in [1.82, 2.24) is 4.98 Å². The number of rotatable bonds is 3. The number of anilines is 2. The van der Waals surface area contributed by atoms with Gasteiger partial charge in [-0.05, 0) is 50.2 Å². The summed E-state index contributed by atoms with van der Waals surface area (Å²) in [7, 11) is 0. The van der Waals surface area contributed by atoms with Crippen LogP contribution in [0.25, 0.3) is 10.9 Å². The van der Waals surface area contributed by atoms with E-state index >= 15 is 0 Å². The minimum absolute atomic E-state index is 0.210. The topological polar surface area (TPSA) is 71.1 Å². The number of hydrogen-bond acceptors (Lipinski definition) is 3. The smallest absolute Gasteiger partial charge is 0.256 e. The van der Waals surface area contributed by atoms with Crippen LogP contribution < -0.4 is 10.6 Å². The van der Waals surface area contributed by atoms with Gasteiger partial charge in [0.25, 0.3) is 5.91 Å². The highest BCUT2D eigenvalue weighted by molar-refractivity contribution is 6.34. The Hall–Kier alpha value is -2.92. The molecule has 132 valence electrons. The Kier molecular flexibility index (Phi) is 4.91. The van der Waals surface area contributed by atoms with Crippen molar-refractivity contribution in [2.75, 3.05) is 10.6 Å². The van der Waals surface area contributed by atoms with Gasteiger partial charge in [-0.15, -0.1) is 0 Å². The van der Waals surface area contributed by atoms with E-state index in [1.165, 1.54) is 6.92 Å². The SMILES string of the molecule is CC(=O)Nc1ccc(NC(=O)c2cc(C)nc3ccc(C)cc23)cc1Cl. The number of aromatic nitrogens is 1. The predicted octanol–water partition coefficient (Wildman–Crippen LogP) is 4.72. The molecule has 2 amide bonds. The maximum atomic E-state index is 12.8. The second kappa shape index (κ2) is 7.14. The van der Waals surface area contributed by atoms with Gasteiger partial charge in [-0.3, -0.25) is 14.6 Å². The fourth-order valence-corrected chi connectivity index (χ4v) is 2.97. The van der Waals surface area contributed by atoms with E-state index in [9.17, 15) is 9.59 Å². The first kappa shape index (κ1) is 17.9. The summed E-state index contributed by atoms with van der Waals surface area (Å²) in [5, 5.41) is 6.64. The summed E-state index contributed by atoms with van der Waals surface area (Å²) in [6, 6.07) is 12.5. The third-order valence-electron chi connectivity index (χ3n) is 3.87. The van der Waals surface area contributed by atoms with Gasteiger partial charge in [-0.1, -0.05) is 23.2 Å². The molecule has 1 aromatic heterocycles. The number of carbonyl (C=O) groups is 2. The molecule has 6 heteroatoms. The number of fused-ring (bicyclic) bond motifs is 1. The number of aryl methyl sites for hydroxylation is 2. The third-order valence-corrected chi connectivity index (χ3v) is 4.19. The molecule has 0 atom stereocenters. The van der Waals surface area contributed by atoms with Crippen molar-refractivity contribution in [1.29, 1.82) is 0 Å². The molecule has 0 saturated carbocycles. The Bertz CT molecular complexity index is 1030.